The van der Waals surface area contributed by atoms with E-state index in [-0.39, 0.29) is 12.4 Å². The van der Waals surface area contributed by atoms with Gasteiger partial charge in [-0.3, -0.25) is 4.68 Å². The standard InChI is InChI=1S/C16H18ClN3.ClH/c17-15-5-4-12-2-1-3-13-6-11(7-14(15)16(12)13)8-20-10-18-9-19-20;/h4-5,9-11,13H,1-3,6-8H2;1H/t11-,13-;/m0./s1. The Labute approximate surface area is 136 Å². The molecule has 0 fully saturated rings. The summed E-state index contributed by atoms with van der Waals surface area (Å²) in [6.45, 7) is 0.955. The van der Waals surface area contributed by atoms with Crippen LogP contribution < -0.4 is 0 Å². The zero-order valence-electron chi connectivity index (χ0n) is 11.8. The molecule has 2 atom stereocenters. The van der Waals surface area contributed by atoms with Gasteiger partial charge in [0.05, 0.1) is 0 Å². The maximum absolute atomic E-state index is 6.47. The van der Waals surface area contributed by atoms with E-state index in [4.69, 9.17) is 11.6 Å². The molecular weight excluding hydrogens is 305 g/mol. The molecule has 0 N–H and O–H groups in total. The Kier molecular flexibility index (Phi) is 4.23. The van der Waals surface area contributed by atoms with Gasteiger partial charge >= 0.3 is 0 Å². The summed E-state index contributed by atoms with van der Waals surface area (Å²) in [6, 6.07) is 4.33. The lowest BCUT2D eigenvalue weighted by Crippen LogP contribution is -2.26. The molecule has 2 aliphatic rings. The minimum absolute atomic E-state index is 0. The molecule has 0 amide bonds. The van der Waals surface area contributed by atoms with Crippen molar-refractivity contribution in [3.8, 4) is 0 Å². The topological polar surface area (TPSA) is 30.7 Å². The molecule has 21 heavy (non-hydrogen) atoms. The molecule has 2 aliphatic carbocycles. The third-order valence-electron chi connectivity index (χ3n) is 4.82. The van der Waals surface area contributed by atoms with Crippen molar-refractivity contribution in [2.75, 3.05) is 0 Å². The van der Waals surface area contributed by atoms with E-state index in [0.29, 0.717) is 11.8 Å². The summed E-state index contributed by atoms with van der Waals surface area (Å²) < 4.78 is 1.95. The summed E-state index contributed by atoms with van der Waals surface area (Å²) in [5.41, 5.74) is 4.53. The molecule has 1 aromatic heterocycles. The Bertz CT molecular complexity index is 625. The molecule has 1 heterocycles. The van der Waals surface area contributed by atoms with Crippen LogP contribution in [-0.4, -0.2) is 14.8 Å². The molecule has 5 heteroatoms. The Morgan fingerprint density at radius 3 is 3.05 bits per heavy atom. The summed E-state index contributed by atoms with van der Waals surface area (Å²) in [7, 11) is 0. The lowest BCUT2D eigenvalue weighted by atomic mass is 9.70. The SMILES string of the molecule is Cl.Clc1ccc2c3c1C[C@@H](Cn1cncn1)C[C@@H]3CCC2. The Hall–Kier alpha value is -1.06. The van der Waals surface area contributed by atoms with Gasteiger partial charge in [-0.15, -0.1) is 12.4 Å². The molecule has 0 saturated heterocycles. The van der Waals surface area contributed by atoms with Gasteiger partial charge < -0.3 is 0 Å². The van der Waals surface area contributed by atoms with Crippen LogP contribution in [0.25, 0.3) is 0 Å². The highest BCUT2D eigenvalue weighted by atomic mass is 35.5. The Morgan fingerprint density at radius 2 is 2.24 bits per heavy atom. The third kappa shape index (κ3) is 2.69. The molecule has 0 radical (unpaired) electrons. The summed E-state index contributed by atoms with van der Waals surface area (Å²) >= 11 is 6.47. The first-order chi connectivity index (χ1) is 9.81. The normalized spacial score (nSPS) is 23.3. The highest BCUT2D eigenvalue weighted by Crippen LogP contribution is 2.45. The number of benzene rings is 1. The first-order valence-corrected chi connectivity index (χ1v) is 7.81. The van der Waals surface area contributed by atoms with Crippen molar-refractivity contribution in [3.63, 3.8) is 0 Å². The maximum atomic E-state index is 6.47. The van der Waals surface area contributed by atoms with Crippen molar-refractivity contribution in [2.24, 2.45) is 5.92 Å². The fourth-order valence-corrected chi connectivity index (χ4v) is 4.29. The van der Waals surface area contributed by atoms with Crippen LogP contribution in [0.4, 0.5) is 0 Å². The molecule has 112 valence electrons. The van der Waals surface area contributed by atoms with E-state index in [1.807, 2.05) is 11.0 Å². The molecule has 2 aromatic rings. The first kappa shape index (κ1) is 14.9. The van der Waals surface area contributed by atoms with Gasteiger partial charge in [-0.1, -0.05) is 17.7 Å². The molecule has 0 unspecified atom stereocenters. The number of hydrogen-bond acceptors (Lipinski definition) is 2. The predicted octanol–water partition coefficient (Wildman–Crippen LogP) is 4.04. The second-order valence-corrected chi connectivity index (χ2v) is 6.52. The second kappa shape index (κ2) is 5.98. The average molecular weight is 324 g/mol. The molecule has 0 spiro atoms. The van der Waals surface area contributed by atoms with E-state index in [2.05, 4.69) is 22.2 Å². The van der Waals surface area contributed by atoms with Crippen LogP contribution in [0, 0.1) is 5.92 Å². The third-order valence-corrected chi connectivity index (χ3v) is 5.17. The minimum atomic E-state index is 0. The second-order valence-electron chi connectivity index (χ2n) is 6.11. The predicted molar refractivity (Wildman–Crippen MR) is 86.2 cm³/mol. The summed E-state index contributed by atoms with van der Waals surface area (Å²) in [6.07, 6.45) is 9.63. The van der Waals surface area contributed by atoms with E-state index in [1.54, 1.807) is 17.5 Å². The van der Waals surface area contributed by atoms with Gasteiger partial charge in [0, 0.05) is 11.6 Å². The van der Waals surface area contributed by atoms with Crippen LogP contribution in [0.5, 0.6) is 0 Å². The van der Waals surface area contributed by atoms with Gasteiger partial charge in [0.15, 0.2) is 0 Å². The molecule has 0 aliphatic heterocycles. The van der Waals surface area contributed by atoms with Gasteiger partial charge in [-0.25, -0.2) is 4.98 Å². The summed E-state index contributed by atoms with van der Waals surface area (Å²) in [5, 5.41) is 5.20. The van der Waals surface area contributed by atoms with E-state index < -0.39 is 0 Å². The highest BCUT2D eigenvalue weighted by Gasteiger charge is 2.32. The molecular formula is C16H19Cl2N3. The quantitative estimate of drug-likeness (QED) is 0.835. The fourth-order valence-electron chi connectivity index (χ4n) is 4.04. The van der Waals surface area contributed by atoms with E-state index in [0.717, 1.165) is 18.0 Å². The van der Waals surface area contributed by atoms with E-state index in [9.17, 15) is 0 Å². The van der Waals surface area contributed by atoms with Crippen molar-refractivity contribution >= 4 is 24.0 Å². The summed E-state index contributed by atoms with van der Waals surface area (Å²) in [4.78, 5) is 4.04. The minimum Gasteiger partial charge on any atom is -0.253 e. The number of hydrogen-bond donors (Lipinski definition) is 0. The van der Waals surface area contributed by atoms with Crippen molar-refractivity contribution in [2.45, 2.75) is 44.6 Å². The van der Waals surface area contributed by atoms with Crippen LogP contribution in [0.1, 0.15) is 41.9 Å². The van der Waals surface area contributed by atoms with Gasteiger partial charge in [0.2, 0.25) is 0 Å². The van der Waals surface area contributed by atoms with Crippen LogP contribution in [0.15, 0.2) is 24.8 Å². The van der Waals surface area contributed by atoms with Crippen molar-refractivity contribution < 1.29 is 0 Å². The molecule has 1 aromatic carbocycles. The summed E-state index contributed by atoms with van der Waals surface area (Å²) in [5.74, 6) is 1.33. The maximum Gasteiger partial charge on any atom is 0.137 e. The van der Waals surface area contributed by atoms with Crippen LogP contribution in [0.3, 0.4) is 0 Å². The van der Waals surface area contributed by atoms with Gasteiger partial charge in [0.1, 0.15) is 12.7 Å². The van der Waals surface area contributed by atoms with E-state index in [1.165, 1.54) is 31.2 Å². The zero-order valence-corrected chi connectivity index (χ0v) is 13.4. The number of nitrogens with zero attached hydrogens (tertiary/aromatic N) is 3. The number of rotatable bonds is 2. The lowest BCUT2D eigenvalue weighted by Gasteiger charge is -2.36. The largest absolute Gasteiger partial charge is 0.253 e. The van der Waals surface area contributed by atoms with Crippen LogP contribution >= 0.6 is 24.0 Å². The smallest absolute Gasteiger partial charge is 0.137 e. The number of aryl methyl sites for hydroxylation is 1. The monoisotopic (exact) mass is 323 g/mol. The van der Waals surface area contributed by atoms with Crippen LogP contribution in [0.2, 0.25) is 5.02 Å². The Morgan fingerprint density at radius 1 is 1.33 bits per heavy atom. The number of halogens is 2. The van der Waals surface area contributed by atoms with Gasteiger partial charge in [-0.2, -0.15) is 5.10 Å². The van der Waals surface area contributed by atoms with Gasteiger partial charge in [-0.05, 0) is 66.7 Å². The fraction of sp³-hybridized carbons (Fsp3) is 0.500. The number of aromatic nitrogens is 3. The molecule has 3 nitrogen and oxygen atoms in total. The molecule has 0 saturated carbocycles. The molecule has 0 bridgehead atoms. The average Bonchev–Trinajstić information content (AvgIpc) is 2.96. The highest BCUT2D eigenvalue weighted by molar-refractivity contribution is 6.31. The lowest BCUT2D eigenvalue weighted by molar-refractivity contribution is 0.322. The van der Waals surface area contributed by atoms with Crippen LogP contribution in [-0.2, 0) is 19.4 Å². The van der Waals surface area contributed by atoms with Gasteiger partial charge in [0.25, 0.3) is 0 Å². The Balaban J connectivity index is 0.00000132. The van der Waals surface area contributed by atoms with Crippen molar-refractivity contribution in [1.29, 1.82) is 0 Å². The zero-order chi connectivity index (χ0) is 13.5. The van der Waals surface area contributed by atoms with Crippen molar-refractivity contribution in [1.82, 2.24) is 14.8 Å². The van der Waals surface area contributed by atoms with E-state index >= 15 is 0 Å². The first-order valence-electron chi connectivity index (χ1n) is 7.44. The van der Waals surface area contributed by atoms with Crippen molar-refractivity contribution in [3.05, 3.63) is 46.5 Å². The molecule has 4 rings (SSSR count).